The number of thiophene rings is 1. The predicted octanol–water partition coefficient (Wildman–Crippen LogP) is 3.61. The van der Waals surface area contributed by atoms with E-state index < -0.39 is 0 Å². The lowest BCUT2D eigenvalue weighted by Crippen LogP contribution is -2.44. The van der Waals surface area contributed by atoms with E-state index in [4.69, 9.17) is 9.97 Å². The normalized spacial score (nSPS) is 24.9. The number of rotatable bonds is 4. The summed E-state index contributed by atoms with van der Waals surface area (Å²) in [5.74, 6) is 1.48. The third kappa shape index (κ3) is 3.38. The maximum Gasteiger partial charge on any atom is 0.232 e. The second-order valence-electron chi connectivity index (χ2n) is 8.98. The van der Waals surface area contributed by atoms with Crippen molar-refractivity contribution in [3.8, 4) is 11.1 Å². The molecule has 2 N–H and O–H groups in total. The summed E-state index contributed by atoms with van der Waals surface area (Å²) >= 11 is 1.58. The zero-order valence-corrected chi connectivity index (χ0v) is 18.5. The molecule has 3 aliphatic rings. The van der Waals surface area contributed by atoms with Gasteiger partial charge in [-0.25, -0.2) is 4.98 Å². The van der Waals surface area contributed by atoms with Crippen molar-refractivity contribution in [3.05, 3.63) is 35.7 Å². The van der Waals surface area contributed by atoms with Crippen molar-refractivity contribution in [1.29, 1.82) is 0 Å². The second kappa shape index (κ2) is 7.94. The zero-order chi connectivity index (χ0) is 21.7. The monoisotopic (exact) mass is 447 g/mol. The van der Waals surface area contributed by atoms with E-state index in [1.54, 1.807) is 11.3 Å². The van der Waals surface area contributed by atoms with E-state index in [9.17, 15) is 9.59 Å². The summed E-state index contributed by atoms with van der Waals surface area (Å²) in [4.78, 5) is 37.9. The van der Waals surface area contributed by atoms with Crippen LogP contribution in [0.4, 0.5) is 11.8 Å². The van der Waals surface area contributed by atoms with E-state index in [-0.39, 0.29) is 23.9 Å². The van der Waals surface area contributed by atoms with Crippen molar-refractivity contribution < 1.29 is 9.59 Å². The number of aromatic nitrogens is 2. The van der Waals surface area contributed by atoms with Crippen molar-refractivity contribution in [2.24, 2.45) is 5.92 Å². The predicted molar refractivity (Wildman–Crippen MR) is 126 cm³/mol. The smallest absolute Gasteiger partial charge is 0.232 e. The molecule has 3 fully saturated rings. The molecule has 6 rings (SSSR count). The fourth-order valence-corrected chi connectivity index (χ4v) is 6.35. The van der Waals surface area contributed by atoms with Gasteiger partial charge in [0.25, 0.3) is 0 Å². The van der Waals surface area contributed by atoms with Crippen molar-refractivity contribution in [2.45, 2.75) is 44.2 Å². The summed E-state index contributed by atoms with van der Waals surface area (Å²) in [5, 5.41) is 9.36. The molecule has 0 spiro atoms. The summed E-state index contributed by atoms with van der Waals surface area (Å²) < 4.78 is 0. The number of hydrogen-bond acceptors (Lipinski definition) is 7. The average molecular weight is 448 g/mol. The third-order valence-electron chi connectivity index (χ3n) is 6.96. The summed E-state index contributed by atoms with van der Waals surface area (Å²) in [7, 11) is 0. The number of anilines is 2. The van der Waals surface area contributed by atoms with Gasteiger partial charge in [-0.2, -0.15) is 4.98 Å². The number of carbonyl (C=O) groups excluding carboxylic acids is 2. The van der Waals surface area contributed by atoms with Crippen LogP contribution in [0.2, 0.25) is 0 Å². The molecular weight excluding hydrogens is 422 g/mol. The summed E-state index contributed by atoms with van der Waals surface area (Å²) in [6.07, 6.45) is 3.98. The molecule has 7 nitrogen and oxygen atoms in total. The molecule has 1 amide bonds. The van der Waals surface area contributed by atoms with Crippen LogP contribution in [0.25, 0.3) is 21.3 Å². The van der Waals surface area contributed by atoms with Crippen LogP contribution in [0.5, 0.6) is 0 Å². The van der Waals surface area contributed by atoms with Gasteiger partial charge in [0.05, 0.1) is 11.3 Å². The standard InChI is InChI=1S/C24H25N5O2S/c30-18-10-16-6-7-17(11-18)29(16)21-20-19(14-4-2-1-3-5-14)13-32-23(20)28-24(26-21)27-22(31)15-8-9-25-12-15/h1-5,13,15-17,25H,6-12H2,(H,26,27,28,31). The highest BCUT2D eigenvalue weighted by atomic mass is 32.1. The maximum absolute atomic E-state index is 12.8. The number of Topliss-reactive ketones (excluding diaryl/α,β-unsaturated/α-hetero) is 1. The molecule has 3 saturated heterocycles. The summed E-state index contributed by atoms with van der Waals surface area (Å²) in [6.45, 7) is 1.55. The van der Waals surface area contributed by atoms with Gasteiger partial charge in [0.1, 0.15) is 16.4 Å². The highest BCUT2D eigenvalue weighted by Gasteiger charge is 2.42. The van der Waals surface area contributed by atoms with Gasteiger partial charge in [-0.15, -0.1) is 11.3 Å². The van der Waals surface area contributed by atoms with Crippen LogP contribution < -0.4 is 15.5 Å². The Kier molecular flexibility index (Phi) is 4.91. The number of ketones is 1. The highest BCUT2D eigenvalue weighted by Crippen LogP contribution is 2.44. The minimum absolute atomic E-state index is 0.0306. The minimum Gasteiger partial charge on any atom is -0.349 e. The molecule has 8 heteroatoms. The Morgan fingerprint density at radius 2 is 1.88 bits per heavy atom. The molecular formula is C24H25N5O2S. The molecule has 2 bridgehead atoms. The molecule has 1 aromatic carbocycles. The van der Waals surface area contributed by atoms with Gasteiger partial charge >= 0.3 is 0 Å². The first-order chi connectivity index (χ1) is 15.7. The van der Waals surface area contributed by atoms with E-state index in [2.05, 4.69) is 33.0 Å². The molecule has 3 atom stereocenters. The highest BCUT2D eigenvalue weighted by molar-refractivity contribution is 7.17. The van der Waals surface area contributed by atoms with E-state index >= 15 is 0 Å². The van der Waals surface area contributed by atoms with Crippen LogP contribution in [0.3, 0.4) is 0 Å². The Morgan fingerprint density at radius 3 is 2.59 bits per heavy atom. The van der Waals surface area contributed by atoms with Gasteiger partial charge in [0, 0.05) is 42.4 Å². The number of carbonyl (C=O) groups is 2. The Bertz CT molecular complexity index is 1170. The Hall–Kier alpha value is -2.84. The fraction of sp³-hybridized carbons (Fsp3) is 0.417. The first-order valence-electron chi connectivity index (χ1n) is 11.3. The van der Waals surface area contributed by atoms with Crippen molar-refractivity contribution >= 4 is 45.0 Å². The number of benzene rings is 1. The fourth-order valence-electron chi connectivity index (χ4n) is 5.40. The van der Waals surface area contributed by atoms with E-state index in [0.717, 1.165) is 53.0 Å². The van der Waals surface area contributed by atoms with E-state index in [0.29, 0.717) is 31.1 Å². The maximum atomic E-state index is 12.8. The molecule has 5 heterocycles. The number of fused-ring (bicyclic) bond motifs is 3. The van der Waals surface area contributed by atoms with Gasteiger partial charge in [0.2, 0.25) is 11.9 Å². The number of nitrogens with one attached hydrogen (secondary N) is 2. The third-order valence-corrected chi connectivity index (χ3v) is 7.83. The summed E-state index contributed by atoms with van der Waals surface area (Å²) in [5.41, 5.74) is 2.23. The first-order valence-corrected chi connectivity index (χ1v) is 12.2. The molecule has 3 aliphatic heterocycles. The van der Waals surface area contributed by atoms with Gasteiger partial charge in [-0.05, 0) is 31.4 Å². The van der Waals surface area contributed by atoms with Crippen molar-refractivity contribution in [3.63, 3.8) is 0 Å². The van der Waals surface area contributed by atoms with Crippen LogP contribution in [0.15, 0.2) is 35.7 Å². The van der Waals surface area contributed by atoms with Crippen LogP contribution in [-0.4, -0.2) is 46.8 Å². The molecule has 0 saturated carbocycles. The second-order valence-corrected chi connectivity index (χ2v) is 9.84. The van der Waals surface area contributed by atoms with Gasteiger partial charge in [-0.3, -0.25) is 14.9 Å². The van der Waals surface area contributed by atoms with Gasteiger partial charge < -0.3 is 10.2 Å². The lowest BCUT2D eigenvalue weighted by atomic mass is 10.00. The van der Waals surface area contributed by atoms with Crippen LogP contribution in [0, 0.1) is 5.92 Å². The Morgan fingerprint density at radius 1 is 1.09 bits per heavy atom. The molecule has 32 heavy (non-hydrogen) atoms. The largest absolute Gasteiger partial charge is 0.349 e. The van der Waals surface area contributed by atoms with Crippen molar-refractivity contribution in [2.75, 3.05) is 23.3 Å². The van der Waals surface area contributed by atoms with E-state index in [1.807, 2.05) is 18.2 Å². The molecule has 2 aromatic heterocycles. The summed E-state index contributed by atoms with van der Waals surface area (Å²) in [6, 6.07) is 10.6. The molecule has 3 aromatic rings. The SMILES string of the molecule is O=C1CC2CCC(C1)N2c1nc(NC(=O)C2CCNC2)nc2scc(-c3ccccc3)c12. The lowest BCUT2D eigenvalue weighted by Gasteiger charge is -2.35. The number of hydrogen-bond donors (Lipinski definition) is 2. The van der Waals surface area contributed by atoms with Gasteiger partial charge in [-0.1, -0.05) is 30.3 Å². The zero-order valence-electron chi connectivity index (χ0n) is 17.7. The Balaban J connectivity index is 1.47. The first kappa shape index (κ1) is 19.8. The lowest BCUT2D eigenvalue weighted by molar-refractivity contribution is -0.120. The number of piperidine rings is 1. The van der Waals surface area contributed by atoms with Crippen molar-refractivity contribution in [1.82, 2.24) is 15.3 Å². The molecule has 0 aliphatic carbocycles. The molecule has 164 valence electrons. The quantitative estimate of drug-likeness (QED) is 0.635. The number of amides is 1. The average Bonchev–Trinajstić information content (AvgIpc) is 3.53. The molecule has 3 unspecified atom stereocenters. The van der Waals surface area contributed by atoms with E-state index in [1.165, 1.54) is 0 Å². The van der Waals surface area contributed by atoms with Crippen LogP contribution >= 0.6 is 11.3 Å². The topological polar surface area (TPSA) is 87.2 Å². The van der Waals surface area contributed by atoms with Gasteiger partial charge in [0.15, 0.2) is 0 Å². The van der Waals surface area contributed by atoms with Crippen LogP contribution in [0.1, 0.15) is 32.1 Å². The number of nitrogens with zero attached hydrogens (tertiary/aromatic N) is 3. The Labute approximate surface area is 190 Å². The molecule has 0 radical (unpaired) electrons. The minimum atomic E-state index is -0.0512. The van der Waals surface area contributed by atoms with Crippen LogP contribution in [-0.2, 0) is 9.59 Å².